The molecule has 0 aromatic heterocycles. The number of nitrogens with one attached hydrogen (secondary N) is 1. The van der Waals surface area contributed by atoms with Gasteiger partial charge in [-0.2, -0.15) is 0 Å². The summed E-state index contributed by atoms with van der Waals surface area (Å²) >= 11 is 10.7. The molecule has 0 spiro atoms. The van der Waals surface area contributed by atoms with Gasteiger partial charge in [-0.1, -0.05) is 47.8 Å². The van der Waals surface area contributed by atoms with E-state index in [9.17, 15) is 0 Å². The van der Waals surface area contributed by atoms with Crippen molar-refractivity contribution in [3.8, 4) is 5.75 Å². The Morgan fingerprint density at radius 1 is 1.00 bits per heavy atom. The second-order valence-corrected chi connectivity index (χ2v) is 7.45. The van der Waals surface area contributed by atoms with E-state index in [2.05, 4.69) is 84.3 Å². The summed E-state index contributed by atoms with van der Waals surface area (Å²) in [6, 6.07) is 10.5. The Bertz CT molecular complexity index is 638. The zero-order valence-electron chi connectivity index (χ0n) is 12.0. The van der Waals surface area contributed by atoms with Gasteiger partial charge in [0, 0.05) is 19.0 Å². The Hall–Kier alpha value is -0.360. The smallest absolute Gasteiger partial charge is 0.124 e. The van der Waals surface area contributed by atoms with Crippen LogP contribution in [0, 0.1) is 6.92 Å². The Balaban J connectivity index is 2.58. The highest BCUT2D eigenvalue weighted by Crippen LogP contribution is 2.36. The SMILES string of the molecule is CNC(c1cc(Br)cc(Br)c1)c1cc(Br)c(C)cc1OC. The van der Waals surface area contributed by atoms with Gasteiger partial charge in [-0.25, -0.2) is 0 Å². The number of ether oxygens (including phenoxy) is 1. The molecule has 2 aromatic rings. The van der Waals surface area contributed by atoms with Crippen LogP contribution < -0.4 is 10.1 Å². The Labute approximate surface area is 150 Å². The number of hydrogen-bond acceptors (Lipinski definition) is 2. The maximum atomic E-state index is 5.56. The van der Waals surface area contributed by atoms with Crippen LogP contribution in [0.4, 0.5) is 0 Å². The number of aryl methyl sites for hydroxylation is 1. The third-order valence-corrected chi connectivity index (χ3v) is 5.10. The normalized spacial score (nSPS) is 12.3. The Morgan fingerprint density at radius 3 is 2.14 bits per heavy atom. The molecule has 0 amide bonds. The van der Waals surface area contributed by atoms with Crippen LogP contribution in [-0.4, -0.2) is 14.2 Å². The van der Waals surface area contributed by atoms with Crippen molar-refractivity contribution < 1.29 is 4.74 Å². The quantitative estimate of drug-likeness (QED) is 0.619. The molecule has 5 heteroatoms. The molecular formula is C16H16Br3NO. The molecule has 112 valence electrons. The van der Waals surface area contributed by atoms with Crippen molar-refractivity contribution in [1.82, 2.24) is 5.32 Å². The minimum Gasteiger partial charge on any atom is -0.496 e. The van der Waals surface area contributed by atoms with E-state index in [0.29, 0.717) is 0 Å². The van der Waals surface area contributed by atoms with Crippen molar-refractivity contribution in [2.45, 2.75) is 13.0 Å². The van der Waals surface area contributed by atoms with Gasteiger partial charge in [0.15, 0.2) is 0 Å². The molecule has 0 aliphatic heterocycles. The first-order chi connectivity index (χ1) is 9.96. The van der Waals surface area contributed by atoms with Gasteiger partial charge in [0.05, 0.1) is 13.2 Å². The summed E-state index contributed by atoms with van der Waals surface area (Å²) in [4.78, 5) is 0. The predicted molar refractivity (Wildman–Crippen MR) is 98.2 cm³/mol. The summed E-state index contributed by atoms with van der Waals surface area (Å²) in [6.07, 6.45) is 0. The molecule has 21 heavy (non-hydrogen) atoms. The molecule has 0 saturated carbocycles. The third-order valence-electron chi connectivity index (χ3n) is 3.33. The van der Waals surface area contributed by atoms with Crippen LogP contribution in [0.3, 0.4) is 0 Å². The summed E-state index contributed by atoms with van der Waals surface area (Å²) in [6.45, 7) is 2.06. The lowest BCUT2D eigenvalue weighted by Gasteiger charge is -2.21. The lowest BCUT2D eigenvalue weighted by molar-refractivity contribution is 0.405. The van der Waals surface area contributed by atoms with E-state index in [1.165, 1.54) is 0 Å². The van der Waals surface area contributed by atoms with Gasteiger partial charge < -0.3 is 10.1 Å². The summed E-state index contributed by atoms with van der Waals surface area (Å²) < 4.78 is 8.72. The zero-order chi connectivity index (χ0) is 15.6. The molecule has 2 aromatic carbocycles. The second-order valence-electron chi connectivity index (χ2n) is 4.77. The van der Waals surface area contributed by atoms with Gasteiger partial charge >= 0.3 is 0 Å². The lowest BCUT2D eigenvalue weighted by atomic mass is 9.97. The van der Waals surface area contributed by atoms with E-state index in [1.807, 2.05) is 13.1 Å². The van der Waals surface area contributed by atoms with Crippen LogP contribution in [0.2, 0.25) is 0 Å². The molecule has 0 fully saturated rings. The van der Waals surface area contributed by atoms with Crippen molar-refractivity contribution >= 4 is 47.8 Å². The molecule has 0 aliphatic carbocycles. The Morgan fingerprint density at radius 2 is 1.62 bits per heavy atom. The predicted octanol–water partition coefficient (Wildman–Crippen LogP) is 5.60. The van der Waals surface area contributed by atoms with Crippen LogP contribution >= 0.6 is 47.8 Å². The molecule has 1 atom stereocenters. The third kappa shape index (κ3) is 3.89. The summed E-state index contributed by atoms with van der Waals surface area (Å²) in [5.74, 6) is 0.881. The van der Waals surface area contributed by atoms with Gasteiger partial charge in [0.2, 0.25) is 0 Å². The maximum Gasteiger partial charge on any atom is 0.124 e. The maximum absolute atomic E-state index is 5.56. The van der Waals surface area contributed by atoms with Crippen molar-refractivity contribution in [2.75, 3.05) is 14.2 Å². The largest absolute Gasteiger partial charge is 0.496 e. The standard InChI is InChI=1S/C16H16Br3NO/c1-9-4-15(21-3)13(8-14(9)19)16(20-2)10-5-11(17)7-12(18)6-10/h4-8,16,20H,1-3H3. The number of hydrogen-bond donors (Lipinski definition) is 1. The minimum absolute atomic E-state index is 0.0469. The van der Waals surface area contributed by atoms with Gasteiger partial charge in [-0.15, -0.1) is 0 Å². The highest BCUT2D eigenvalue weighted by atomic mass is 79.9. The first-order valence-corrected chi connectivity index (χ1v) is 8.81. The average Bonchev–Trinajstić information content (AvgIpc) is 2.42. The lowest BCUT2D eigenvalue weighted by Crippen LogP contribution is -2.18. The van der Waals surface area contributed by atoms with E-state index in [1.54, 1.807) is 7.11 Å². The van der Waals surface area contributed by atoms with E-state index >= 15 is 0 Å². The van der Waals surface area contributed by atoms with Crippen molar-refractivity contribution in [3.63, 3.8) is 0 Å². The molecule has 0 bridgehead atoms. The molecule has 2 rings (SSSR count). The van der Waals surface area contributed by atoms with Crippen LogP contribution in [0.5, 0.6) is 5.75 Å². The number of rotatable bonds is 4. The fourth-order valence-corrected chi connectivity index (χ4v) is 4.01. The number of benzene rings is 2. The van der Waals surface area contributed by atoms with Crippen LogP contribution in [0.15, 0.2) is 43.7 Å². The first-order valence-electron chi connectivity index (χ1n) is 6.43. The Kier molecular flexibility index (Phi) is 5.88. The van der Waals surface area contributed by atoms with Gasteiger partial charge in [-0.05, 0) is 55.4 Å². The van der Waals surface area contributed by atoms with Crippen molar-refractivity contribution in [2.24, 2.45) is 0 Å². The van der Waals surface area contributed by atoms with E-state index < -0.39 is 0 Å². The fraction of sp³-hybridized carbons (Fsp3) is 0.250. The molecule has 0 aliphatic rings. The van der Waals surface area contributed by atoms with E-state index in [0.717, 1.165) is 35.9 Å². The zero-order valence-corrected chi connectivity index (χ0v) is 16.8. The molecule has 1 unspecified atom stereocenters. The fourth-order valence-electron chi connectivity index (χ4n) is 2.32. The summed E-state index contributed by atoms with van der Waals surface area (Å²) in [5.41, 5.74) is 3.41. The van der Waals surface area contributed by atoms with Crippen LogP contribution in [0.25, 0.3) is 0 Å². The molecule has 0 radical (unpaired) electrons. The highest BCUT2D eigenvalue weighted by molar-refractivity contribution is 9.11. The van der Waals surface area contributed by atoms with Crippen molar-refractivity contribution in [3.05, 3.63) is 60.4 Å². The second kappa shape index (κ2) is 7.27. The topological polar surface area (TPSA) is 21.3 Å². The van der Waals surface area contributed by atoms with Gasteiger partial charge in [0.25, 0.3) is 0 Å². The van der Waals surface area contributed by atoms with Gasteiger partial charge in [0.1, 0.15) is 5.75 Å². The van der Waals surface area contributed by atoms with E-state index in [4.69, 9.17) is 4.74 Å². The van der Waals surface area contributed by atoms with Crippen LogP contribution in [0.1, 0.15) is 22.7 Å². The molecular weight excluding hydrogens is 462 g/mol. The number of methoxy groups -OCH3 is 1. The number of halogens is 3. The minimum atomic E-state index is 0.0469. The molecule has 1 N–H and O–H groups in total. The average molecular weight is 478 g/mol. The molecule has 0 saturated heterocycles. The van der Waals surface area contributed by atoms with E-state index in [-0.39, 0.29) is 6.04 Å². The summed E-state index contributed by atoms with van der Waals surface area (Å²) in [7, 11) is 3.66. The van der Waals surface area contributed by atoms with Gasteiger partial charge in [-0.3, -0.25) is 0 Å². The molecule has 0 heterocycles. The van der Waals surface area contributed by atoms with Crippen molar-refractivity contribution in [1.29, 1.82) is 0 Å². The monoisotopic (exact) mass is 475 g/mol. The molecule has 2 nitrogen and oxygen atoms in total. The highest BCUT2D eigenvalue weighted by Gasteiger charge is 2.19. The first kappa shape index (κ1) is 17.0. The summed E-state index contributed by atoms with van der Waals surface area (Å²) in [5, 5.41) is 3.37. The van der Waals surface area contributed by atoms with Crippen LogP contribution in [-0.2, 0) is 0 Å².